The number of hydrogen-bond acceptors (Lipinski definition) is 3. The van der Waals surface area contributed by atoms with Crippen LogP contribution in [0.25, 0.3) is 0 Å². The number of carbonyl (C=O) groups is 1. The Morgan fingerprint density at radius 1 is 1.16 bits per heavy atom. The van der Waals surface area contributed by atoms with Crippen LogP contribution in [0.2, 0.25) is 0 Å². The summed E-state index contributed by atoms with van der Waals surface area (Å²) in [4.78, 5) is 12.3. The summed E-state index contributed by atoms with van der Waals surface area (Å²) in [5.74, 6) is -0.644. The fourth-order valence-electron chi connectivity index (χ4n) is 2.77. The van der Waals surface area contributed by atoms with Crippen molar-refractivity contribution in [1.29, 1.82) is 0 Å². The standard InChI is InChI=1S/C18H17F3N2O2/c19-18(20,21)25-16-4-2-1-3-15(16)11-23-17(24)13-5-6-14-10-22-8-7-12(14)9-13/h1-6,9,22H,7-8,10-11H2,(H,23,24). The SMILES string of the molecule is O=C(NCc1ccccc1OC(F)(F)F)c1ccc2c(c1)CCNC2. The molecule has 0 aromatic heterocycles. The van der Waals surface area contributed by atoms with Gasteiger partial charge >= 0.3 is 6.36 Å². The largest absolute Gasteiger partial charge is 0.573 e. The Bertz CT molecular complexity index is 775. The number of rotatable bonds is 4. The molecular weight excluding hydrogens is 333 g/mol. The Morgan fingerprint density at radius 3 is 2.76 bits per heavy atom. The third-order valence-corrected chi connectivity index (χ3v) is 3.99. The normalized spacial score (nSPS) is 13.9. The van der Waals surface area contributed by atoms with Gasteiger partial charge in [-0.25, -0.2) is 0 Å². The minimum atomic E-state index is -4.77. The van der Waals surface area contributed by atoms with Crippen LogP contribution in [-0.2, 0) is 19.5 Å². The third kappa shape index (κ3) is 4.51. The van der Waals surface area contributed by atoms with E-state index in [0.29, 0.717) is 5.56 Å². The average molecular weight is 350 g/mol. The molecule has 2 aromatic carbocycles. The average Bonchev–Trinajstić information content (AvgIpc) is 2.59. The number of para-hydroxylation sites is 1. The molecule has 3 rings (SSSR count). The van der Waals surface area contributed by atoms with Crippen LogP contribution < -0.4 is 15.4 Å². The Labute approximate surface area is 143 Å². The lowest BCUT2D eigenvalue weighted by atomic mass is 9.98. The first kappa shape index (κ1) is 17.3. The molecule has 1 amide bonds. The second kappa shape index (κ2) is 7.14. The zero-order chi connectivity index (χ0) is 17.9. The van der Waals surface area contributed by atoms with E-state index >= 15 is 0 Å². The summed E-state index contributed by atoms with van der Waals surface area (Å²) in [6, 6.07) is 11.2. The van der Waals surface area contributed by atoms with Crippen LogP contribution >= 0.6 is 0 Å². The fourth-order valence-corrected chi connectivity index (χ4v) is 2.77. The van der Waals surface area contributed by atoms with Gasteiger partial charge in [0.2, 0.25) is 0 Å². The second-order valence-corrected chi connectivity index (χ2v) is 5.75. The molecule has 0 bridgehead atoms. The lowest BCUT2D eigenvalue weighted by Gasteiger charge is -2.18. The van der Waals surface area contributed by atoms with Crippen molar-refractivity contribution in [2.24, 2.45) is 0 Å². The van der Waals surface area contributed by atoms with Gasteiger partial charge < -0.3 is 15.4 Å². The van der Waals surface area contributed by atoms with Crippen LogP contribution in [0.3, 0.4) is 0 Å². The van der Waals surface area contributed by atoms with Gasteiger partial charge in [0.25, 0.3) is 5.91 Å². The zero-order valence-electron chi connectivity index (χ0n) is 13.3. The van der Waals surface area contributed by atoms with E-state index in [1.54, 1.807) is 12.1 Å². The summed E-state index contributed by atoms with van der Waals surface area (Å²) >= 11 is 0. The van der Waals surface area contributed by atoms with Crippen LogP contribution in [0.15, 0.2) is 42.5 Å². The Kier molecular flexibility index (Phi) is 4.94. The lowest BCUT2D eigenvalue weighted by molar-refractivity contribution is -0.274. The van der Waals surface area contributed by atoms with Gasteiger partial charge in [-0.1, -0.05) is 24.3 Å². The first-order valence-electron chi connectivity index (χ1n) is 7.87. The van der Waals surface area contributed by atoms with Gasteiger partial charge in [-0.2, -0.15) is 0 Å². The van der Waals surface area contributed by atoms with E-state index in [-0.39, 0.29) is 23.8 Å². The molecule has 0 radical (unpaired) electrons. The van der Waals surface area contributed by atoms with Crippen LogP contribution in [-0.4, -0.2) is 18.8 Å². The van der Waals surface area contributed by atoms with Gasteiger partial charge in [0.05, 0.1) is 0 Å². The van der Waals surface area contributed by atoms with E-state index < -0.39 is 6.36 Å². The molecule has 0 fully saturated rings. The molecule has 0 unspecified atom stereocenters. The van der Waals surface area contributed by atoms with Gasteiger partial charge in [-0.05, 0) is 42.3 Å². The van der Waals surface area contributed by atoms with E-state index in [1.807, 2.05) is 12.1 Å². The Morgan fingerprint density at radius 2 is 1.96 bits per heavy atom. The van der Waals surface area contributed by atoms with Crippen molar-refractivity contribution in [2.75, 3.05) is 6.54 Å². The minimum absolute atomic E-state index is 0.0519. The maximum Gasteiger partial charge on any atom is 0.573 e. The molecular formula is C18H17F3N2O2. The molecule has 0 saturated carbocycles. The molecule has 4 nitrogen and oxygen atoms in total. The molecule has 132 valence electrons. The number of ether oxygens (including phenoxy) is 1. The Hall–Kier alpha value is -2.54. The van der Waals surface area contributed by atoms with Gasteiger partial charge in [-0.3, -0.25) is 4.79 Å². The van der Waals surface area contributed by atoms with Crippen molar-refractivity contribution in [3.05, 3.63) is 64.7 Å². The summed E-state index contributed by atoms with van der Waals surface area (Å²) in [6.45, 7) is 1.59. The van der Waals surface area contributed by atoms with Crippen molar-refractivity contribution < 1.29 is 22.7 Å². The van der Waals surface area contributed by atoms with Crippen molar-refractivity contribution in [3.8, 4) is 5.75 Å². The number of alkyl halides is 3. The molecule has 0 spiro atoms. The summed E-state index contributed by atoms with van der Waals surface area (Å²) in [5.41, 5.74) is 3.03. The van der Waals surface area contributed by atoms with Gasteiger partial charge in [0.1, 0.15) is 5.75 Å². The monoisotopic (exact) mass is 350 g/mol. The van der Waals surface area contributed by atoms with E-state index in [4.69, 9.17) is 0 Å². The quantitative estimate of drug-likeness (QED) is 0.891. The molecule has 2 N–H and O–H groups in total. The second-order valence-electron chi connectivity index (χ2n) is 5.75. The van der Waals surface area contributed by atoms with Gasteiger partial charge in [0.15, 0.2) is 0 Å². The first-order valence-corrected chi connectivity index (χ1v) is 7.87. The number of benzene rings is 2. The lowest BCUT2D eigenvalue weighted by Crippen LogP contribution is -2.26. The number of amides is 1. The molecule has 2 aromatic rings. The van der Waals surface area contributed by atoms with E-state index in [9.17, 15) is 18.0 Å². The third-order valence-electron chi connectivity index (χ3n) is 3.99. The zero-order valence-corrected chi connectivity index (χ0v) is 13.3. The molecule has 1 heterocycles. The van der Waals surface area contributed by atoms with Crippen molar-refractivity contribution in [1.82, 2.24) is 10.6 Å². The van der Waals surface area contributed by atoms with Crippen LogP contribution in [0, 0.1) is 0 Å². The van der Waals surface area contributed by atoms with Gasteiger partial charge in [0, 0.05) is 24.2 Å². The predicted octanol–water partition coefficient (Wildman–Crippen LogP) is 3.16. The molecule has 1 aliphatic heterocycles. The Balaban J connectivity index is 1.69. The summed E-state index contributed by atoms with van der Waals surface area (Å²) < 4.78 is 41.3. The van der Waals surface area contributed by atoms with Gasteiger partial charge in [-0.15, -0.1) is 13.2 Å². The molecule has 0 aliphatic carbocycles. The van der Waals surface area contributed by atoms with Crippen molar-refractivity contribution >= 4 is 5.91 Å². The predicted molar refractivity (Wildman–Crippen MR) is 86.1 cm³/mol. The highest BCUT2D eigenvalue weighted by Crippen LogP contribution is 2.26. The topological polar surface area (TPSA) is 50.4 Å². The molecule has 0 saturated heterocycles. The molecule has 7 heteroatoms. The highest BCUT2D eigenvalue weighted by atomic mass is 19.4. The maximum absolute atomic E-state index is 12.4. The highest BCUT2D eigenvalue weighted by Gasteiger charge is 2.32. The van der Waals surface area contributed by atoms with Crippen molar-refractivity contribution in [2.45, 2.75) is 25.9 Å². The number of nitrogens with one attached hydrogen (secondary N) is 2. The minimum Gasteiger partial charge on any atom is -0.405 e. The molecule has 0 atom stereocenters. The summed E-state index contributed by atoms with van der Waals surface area (Å²) in [6.07, 6.45) is -3.93. The molecule has 25 heavy (non-hydrogen) atoms. The smallest absolute Gasteiger partial charge is 0.405 e. The van der Waals surface area contributed by atoms with Crippen LogP contribution in [0.5, 0.6) is 5.75 Å². The summed E-state index contributed by atoms with van der Waals surface area (Å²) in [7, 11) is 0. The van der Waals surface area contributed by atoms with E-state index in [0.717, 1.165) is 30.6 Å². The molecule has 1 aliphatic rings. The number of carbonyl (C=O) groups excluding carboxylic acids is 1. The first-order chi connectivity index (χ1) is 11.9. The summed E-state index contributed by atoms with van der Waals surface area (Å²) in [5, 5.41) is 5.90. The van der Waals surface area contributed by atoms with E-state index in [1.165, 1.54) is 18.2 Å². The highest BCUT2D eigenvalue weighted by molar-refractivity contribution is 5.94. The number of fused-ring (bicyclic) bond motifs is 1. The number of hydrogen-bond donors (Lipinski definition) is 2. The van der Waals surface area contributed by atoms with Crippen LogP contribution in [0.1, 0.15) is 27.0 Å². The fraction of sp³-hybridized carbons (Fsp3) is 0.278. The van der Waals surface area contributed by atoms with E-state index in [2.05, 4.69) is 15.4 Å². The van der Waals surface area contributed by atoms with Crippen molar-refractivity contribution in [3.63, 3.8) is 0 Å². The maximum atomic E-state index is 12.4. The number of halogens is 3. The van der Waals surface area contributed by atoms with Crippen LogP contribution in [0.4, 0.5) is 13.2 Å².